The topological polar surface area (TPSA) is 156 Å². The Morgan fingerprint density at radius 1 is 1.11 bits per heavy atom. The van der Waals surface area contributed by atoms with Crippen LogP contribution in [0, 0.1) is 17.6 Å². The Hall–Kier alpha value is -3.91. The molecule has 2 aliphatic heterocycles. The SMILES string of the molecule is C[NH+]1CCN(C(=O)C2CCN(c3c(F)cncc3NC(=O)c3c(N)nn4cc(F)cnc34)CC2)CC1.[OH-]. The monoisotopic (exact) mass is 517 g/mol. The van der Waals surface area contributed by atoms with E-state index in [1.165, 1.54) is 11.1 Å². The summed E-state index contributed by atoms with van der Waals surface area (Å²) in [4.78, 5) is 39.0. The molecule has 2 aliphatic rings. The van der Waals surface area contributed by atoms with Crippen LogP contribution in [0.15, 0.2) is 24.8 Å². The molecular weight excluding hydrogens is 488 g/mol. The molecule has 5 N–H and O–H groups in total. The van der Waals surface area contributed by atoms with E-state index in [9.17, 15) is 18.4 Å². The fourth-order valence-corrected chi connectivity index (χ4v) is 4.89. The zero-order valence-electron chi connectivity index (χ0n) is 20.3. The molecule has 2 saturated heterocycles. The quantitative estimate of drug-likeness (QED) is 0.423. The normalized spacial score (nSPS) is 17.1. The number of anilines is 3. The molecule has 3 aromatic heterocycles. The lowest BCUT2D eigenvalue weighted by molar-refractivity contribution is -0.883. The number of rotatable bonds is 4. The summed E-state index contributed by atoms with van der Waals surface area (Å²) in [6, 6.07) is 0. The number of hydrogen-bond donors (Lipinski definition) is 3. The summed E-state index contributed by atoms with van der Waals surface area (Å²) in [7, 11) is 2.13. The zero-order chi connectivity index (χ0) is 25.4. The number of halogens is 2. The first kappa shape index (κ1) is 26.2. The van der Waals surface area contributed by atoms with Gasteiger partial charge in [0.2, 0.25) is 5.91 Å². The molecule has 0 spiro atoms. The van der Waals surface area contributed by atoms with Gasteiger partial charge in [-0.05, 0) is 12.8 Å². The highest BCUT2D eigenvalue weighted by atomic mass is 19.1. The molecule has 2 amide bonds. The van der Waals surface area contributed by atoms with Gasteiger partial charge in [-0.1, -0.05) is 0 Å². The van der Waals surface area contributed by atoms with Gasteiger partial charge in [0.15, 0.2) is 23.1 Å². The number of nitrogens with zero attached hydrogens (tertiary/aromatic N) is 6. The number of pyridine rings is 1. The maximum atomic E-state index is 15.0. The summed E-state index contributed by atoms with van der Waals surface area (Å²) >= 11 is 0. The van der Waals surface area contributed by atoms with E-state index >= 15 is 0 Å². The second kappa shape index (κ2) is 10.6. The van der Waals surface area contributed by atoms with Crippen LogP contribution in [0.5, 0.6) is 0 Å². The van der Waals surface area contributed by atoms with E-state index in [2.05, 4.69) is 27.4 Å². The third kappa shape index (κ3) is 5.15. The summed E-state index contributed by atoms with van der Waals surface area (Å²) in [5, 5.41) is 6.59. The number of piperazine rings is 1. The van der Waals surface area contributed by atoms with Crippen molar-refractivity contribution >= 4 is 34.7 Å². The van der Waals surface area contributed by atoms with Crippen LogP contribution >= 0.6 is 0 Å². The van der Waals surface area contributed by atoms with E-state index in [0.717, 1.165) is 49.3 Å². The Morgan fingerprint density at radius 3 is 2.51 bits per heavy atom. The Kier molecular flexibility index (Phi) is 7.50. The Balaban J connectivity index is 0.00000320. The summed E-state index contributed by atoms with van der Waals surface area (Å²) < 4.78 is 29.5. The minimum Gasteiger partial charge on any atom is -0.870 e. The van der Waals surface area contributed by atoms with Crippen molar-refractivity contribution in [2.24, 2.45) is 5.92 Å². The van der Waals surface area contributed by atoms with E-state index in [0.29, 0.717) is 25.9 Å². The van der Waals surface area contributed by atoms with Crippen LogP contribution < -0.4 is 20.9 Å². The van der Waals surface area contributed by atoms with Gasteiger partial charge in [0.25, 0.3) is 5.91 Å². The van der Waals surface area contributed by atoms with Gasteiger partial charge in [0, 0.05) is 19.0 Å². The number of aromatic nitrogens is 4. The fourth-order valence-electron chi connectivity index (χ4n) is 4.89. The molecule has 198 valence electrons. The van der Waals surface area contributed by atoms with Crippen molar-refractivity contribution in [1.82, 2.24) is 24.5 Å². The maximum absolute atomic E-state index is 15.0. The largest absolute Gasteiger partial charge is 0.870 e. The number of carbonyl (C=O) groups is 2. The minimum atomic E-state index is -0.669. The van der Waals surface area contributed by atoms with Crippen molar-refractivity contribution in [2.45, 2.75) is 12.8 Å². The second-order valence-electron chi connectivity index (χ2n) is 9.32. The van der Waals surface area contributed by atoms with Crippen molar-refractivity contribution < 1.29 is 28.7 Å². The lowest BCUT2D eigenvalue weighted by atomic mass is 9.94. The van der Waals surface area contributed by atoms with E-state index in [-0.39, 0.29) is 45.7 Å². The Labute approximate surface area is 211 Å². The van der Waals surface area contributed by atoms with Crippen LogP contribution in [0.1, 0.15) is 23.2 Å². The third-order valence-electron chi connectivity index (χ3n) is 6.91. The predicted molar refractivity (Wildman–Crippen MR) is 130 cm³/mol. The molecule has 0 bridgehead atoms. The first-order chi connectivity index (χ1) is 17.3. The fraction of sp³-hybridized carbons (Fsp3) is 0.435. The third-order valence-corrected chi connectivity index (χ3v) is 6.91. The number of nitrogens with one attached hydrogen (secondary N) is 2. The second-order valence-corrected chi connectivity index (χ2v) is 9.32. The van der Waals surface area contributed by atoms with E-state index in [4.69, 9.17) is 5.73 Å². The van der Waals surface area contributed by atoms with Crippen molar-refractivity contribution in [3.8, 4) is 0 Å². The van der Waals surface area contributed by atoms with Gasteiger partial charge in [-0.25, -0.2) is 18.3 Å². The molecule has 0 radical (unpaired) electrons. The highest BCUT2D eigenvalue weighted by Crippen LogP contribution is 2.33. The molecule has 0 aliphatic carbocycles. The molecule has 0 unspecified atom stereocenters. The maximum Gasteiger partial charge on any atom is 0.263 e. The van der Waals surface area contributed by atoms with Crippen molar-refractivity contribution in [3.05, 3.63) is 42.0 Å². The first-order valence-electron chi connectivity index (χ1n) is 11.9. The van der Waals surface area contributed by atoms with E-state index < -0.39 is 17.5 Å². The highest BCUT2D eigenvalue weighted by Gasteiger charge is 2.32. The molecule has 3 aromatic rings. The average Bonchev–Trinajstić information content (AvgIpc) is 3.19. The summed E-state index contributed by atoms with van der Waals surface area (Å²) in [6.45, 7) is 4.31. The van der Waals surface area contributed by atoms with Gasteiger partial charge >= 0.3 is 0 Å². The lowest BCUT2D eigenvalue weighted by Gasteiger charge is -2.37. The Bertz CT molecular complexity index is 1300. The summed E-state index contributed by atoms with van der Waals surface area (Å²) in [6.07, 6.45) is 5.63. The van der Waals surface area contributed by atoms with Gasteiger partial charge in [-0.3, -0.25) is 14.6 Å². The van der Waals surface area contributed by atoms with E-state index in [1.807, 2.05) is 9.80 Å². The van der Waals surface area contributed by atoms with Crippen LogP contribution in [0.25, 0.3) is 5.65 Å². The van der Waals surface area contributed by atoms with Crippen LogP contribution in [-0.2, 0) is 4.79 Å². The van der Waals surface area contributed by atoms with Crippen molar-refractivity contribution in [3.63, 3.8) is 0 Å². The van der Waals surface area contributed by atoms with Crippen molar-refractivity contribution in [2.75, 3.05) is 62.3 Å². The number of piperidine rings is 1. The molecule has 5 heterocycles. The van der Waals surface area contributed by atoms with Crippen LogP contribution in [0.3, 0.4) is 0 Å². The van der Waals surface area contributed by atoms with Gasteiger partial charge in [-0.15, -0.1) is 5.10 Å². The van der Waals surface area contributed by atoms with Gasteiger partial charge < -0.3 is 31.2 Å². The zero-order valence-corrected chi connectivity index (χ0v) is 20.3. The molecule has 0 atom stereocenters. The smallest absolute Gasteiger partial charge is 0.263 e. The minimum absolute atomic E-state index is 0. The highest BCUT2D eigenvalue weighted by molar-refractivity contribution is 6.12. The van der Waals surface area contributed by atoms with Gasteiger partial charge in [-0.2, -0.15) is 0 Å². The molecule has 37 heavy (non-hydrogen) atoms. The number of nitrogens with two attached hydrogens (primary N) is 1. The lowest BCUT2D eigenvalue weighted by Crippen LogP contribution is -3.12. The number of hydrogen-bond acceptors (Lipinski definition) is 8. The number of quaternary nitrogens is 1. The number of carbonyl (C=O) groups excluding carboxylic acids is 2. The molecule has 0 saturated carbocycles. The van der Waals surface area contributed by atoms with Gasteiger partial charge in [0.1, 0.15) is 11.3 Å². The van der Waals surface area contributed by atoms with Crippen LogP contribution in [0.4, 0.5) is 26.0 Å². The molecule has 2 fully saturated rings. The number of nitrogen functional groups attached to an aromatic ring is 1. The average molecular weight is 518 g/mol. The summed E-state index contributed by atoms with van der Waals surface area (Å²) in [5.74, 6) is -1.97. The van der Waals surface area contributed by atoms with Crippen molar-refractivity contribution in [1.29, 1.82) is 0 Å². The molecular formula is C23H29F2N9O3. The van der Waals surface area contributed by atoms with Crippen LogP contribution in [-0.4, -0.2) is 88.1 Å². The number of likely N-dealkylation sites (N-methyl/N-ethyl adjacent to an activating group) is 1. The Morgan fingerprint density at radius 2 is 1.81 bits per heavy atom. The summed E-state index contributed by atoms with van der Waals surface area (Å²) in [5.41, 5.74) is 6.26. The molecule has 0 aromatic carbocycles. The van der Waals surface area contributed by atoms with Crippen LogP contribution in [0.2, 0.25) is 0 Å². The number of fused-ring (bicyclic) bond motifs is 1. The predicted octanol–water partition coefficient (Wildman–Crippen LogP) is -0.366. The standard InChI is InChI=1S/C23H27F2N9O2.H2O/c1-31-6-8-33(9-7-31)23(36)14-2-4-32(5-3-14)19-16(25)11-27-12-17(19)29-22(35)18-20(26)30-34-13-15(24)10-28-21(18)34;/h10-14H,2-9H2,1H3,(H2,26,30)(H,29,35);1H2. The first-order valence-corrected chi connectivity index (χ1v) is 11.9. The molecule has 5 rings (SSSR count). The molecule has 12 nitrogen and oxygen atoms in total. The van der Waals surface area contributed by atoms with E-state index in [1.54, 1.807) is 0 Å². The van der Waals surface area contributed by atoms with Gasteiger partial charge in [0.05, 0.1) is 63.7 Å². The number of amides is 2. The molecule has 14 heteroatoms.